The molecule has 1 amide bonds. The van der Waals surface area contributed by atoms with E-state index in [0.717, 1.165) is 5.56 Å². The lowest BCUT2D eigenvalue weighted by Crippen LogP contribution is -2.28. The fraction of sp³-hybridized carbons (Fsp3) is 0.0800. The number of rotatable bonds is 5. The molecule has 1 atom stereocenters. The molecule has 4 rings (SSSR count). The first-order chi connectivity index (χ1) is 15.9. The third-order valence-electron chi connectivity index (χ3n) is 4.97. The number of pyridine rings is 1. The van der Waals surface area contributed by atoms with Gasteiger partial charge in [-0.3, -0.25) is 4.79 Å². The number of aromatic nitrogens is 3. The third kappa shape index (κ3) is 5.20. The van der Waals surface area contributed by atoms with Gasteiger partial charge in [-0.15, -0.1) is 0 Å². The third-order valence-corrected chi connectivity index (χ3v) is 5.22. The minimum absolute atomic E-state index is 0.149. The van der Waals surface area contributed by atoms with Gasteiger partial charge in [0, 0.05) is 22.3 Å². The van der Waals surface area contributed by atoms with Crippen LogP contribution in [0.2, 0.25) is 5.02 Å². The molecule has 0 spiro atoms. The summed E-state index contributed by atoms with van der Waals surface area (Å²) < 4.78 is 13.5. The number of nitrogens with zero attached hydrogens (tertiary/aromatic N) is 4. The number of carbonyl (C=O) groups is 1. The van der Waals surface area contributed by atoms with Crippen LogP contribution in [-0.2, 0) is 0 Å². The van der Waals surface area contributed by atoms with E-state index in [-0.39, 0.29) is 5.69 Å². The average Bonchev–Trinajstić information content (AvgIpc) is 2.84. The Morgan fingerprint density at radius 3 is 2.39 bits per heavy atom. The summed E-state index contributed by atoms with van der Waals surface area (Å²) >= 11 is 6.01. The van der Waals surface area contributed by atoms with E-state index in [0.29, 0.717) is 33.2 Å². The van der Waals surface area contributed by atoms with Gasteiger partial charge in [0.1, 0.15) is 5.69 Å². The number of nitriles is 1. The van der Waals surface area contributed by atoms with E-state index in [1.54, 1.807) is 67.6 Å². The number of hydrogen-bond donors (Lipinski definition) is 1. The van der Waals surface area contributed by atoms with Crippen molar-refractivity contribution in [1.82, 2.24) is 20.3 Å². The molecular formula is C25H17ClFN5O. The summed E-state index contributed by atoms with van der Waals surface area (Å²) in [6.07, 6.45) is 1.35. The molecule has 1 N–H and O–H groups in total. The number of benzene rings is 2. The highest BCUT2D eigenvalue weighted by Crippen LogP contribution is 2.25. The van der Waals surface area contributed by atoms with Crippen molar-refractivity contribution in [1.29, 1.82) is 5.26 Å². The van der Waals surface area contributed by atoms with Crippen molar-refractivity contribution >= 4 is 17.5 Å². The van der Waals surface area contributed by atoms with Crippen molar-refractivity contribution in [3.05, 3.63) is 101 Å². The fourth-order valence-electron chi connectivity index (χ4n) is 3.20. The van der Waals surface area contributed by atoms with Crippen LogP contribution in [0.15, 0.2) is 72.9 Å². The van der Waals surface area contributed by atoms with E-state index in [2.05, 4.69) is 26.3 Å². The summed E-state index contributed by atoms with van der Waals surface area (Å²) in [7, 11) is 0. The Morgan fingerprint density at radius 1 is 1.03 bits per heavy atom. The quantitative estimate of drug-likeness (QED) is 0.407. The van der Waals surface area contributed by atoms with Crippen LogP contribution >= 0.6 is 11.6 Å². The van der Waals surface area contributed by atoms with Gasteiger partial charge in [0.2, 0.25) is 5.95 Å². The van der Waals surface area contributed by atoms with Crippen LogP contribution in [0.4, 0.5) is 4.39 Å². The minimum Gasteiger partial charge on any atom is -0.344 e. The second-order valence-corrected chi connectivity index (χ2v) is 7.70. The Balaban J connectivity index is 1.72. The van der Waals surface area contributed by atoms with E-state index in [1.165, 1.54) is 12.3 Å². The van der Waals surface area contributed by atoms with Crippen molar-refractivity contribution in [3.63, 3.8) is 0 Å². The van der Waals surface area contributed by atoms with Gasteiger partial charge in [-0.05, 0) is 67.1 Å². The topological polar surface area (TPSA) is 91.6 Å². The molecule has 0 aliphatic heterocycles. The predicted octanol–water partition coefficient (Wildman–Crippen LogP) is 5.36. The maximum absolute atomic E-state index is 13.5. The molecular weight excluding hydrogens is 441 g/mol. The van der Waals surface area contributed by atoms with Gasteiger partial charge in [0.25, 0.3) is 5.91 Å². The Labute approximate surface area is 194 Å². The van der Waals surface area contributed by atoms with Crippen molar-refractivity contribution in [3.8, 4) is 28.7 Å². The number of hydrogen-bond acceptors (Lipinski definition) is 5. The van der Waals surface area contributed by atoms with Crippen molar-refractivity contribution in [2.75, 3.05) is 0 Å². The molecule has 0 radical (unpaired) electrons. The molecule has 0 saturated carbocycles. The van der Waals surface area contributed by atoms with Crippen molar-refractivity contribution in [2.45, 2.75) is 13.0 Å². The highest BCUT2D eigenvalue weighted by Gasteiger charge is 2.17. The van der Waals surface area contributed by atoms with Gasteiger partial charge in [0.15, 0.2) is 5.82 Å². The lowest BCUT2D eigenvalue weighted by molar-refractivity contribution is 0.0934. The standard InChI is InChI=1S/C25H17ClFN5O/c1-15(19-10-11-29-23(27)12-19)30-25(33)22-13-21(17-6-8-20(26)9-7-17)31-24(32-22)18-4-2-16(14-28)3-5-18/h2-13,15H,1H3,(H,30,33). The molecule has 8 heteroatoms. The van der Waals surface area contributed by atoms with Crippen LogP contribution in [0.25, 0.3) is 22.6 Å². The Hall–Kier alpha value is -4.15. The Morgan fingerprint density at radius 2 is 1.73 bits per heavy atom. The summed E-state index contributed by atoms with van der Waals surface area (Å²) in [6, 6.07) is 19.9. The normalized spacial score (nSPS) is 11.5. The first-order valence-corrected chi connectivity index (χ1v) is 10.4. The zero-order chi connectivity index (χ0) is 23.4. The first-order valence-electron chi connectivity index (χ1n) is 10.0. The number of carbonyl (C=O) groups excluding carboxylic acids is 1. The minimum atomic E-state index is -0.622. The largest absolute Gasteiger partial charge is 0.344 e. The maximum Gasteiger partial charge on any atom is 0.270 e. The average molecular weight is 458 g/mol. The molecule has 0 fully saturated rings. The van der Waals surface area contributed by atoms with Crippen LogP contribution in [0, 0.1) is 17.3 Å². The molecule has 0 bridgehead atoms. The second kappa shape index (κ2) is 9.55. The van der Waals surface area contributed by atoms with E-state index < -0.39 is 17.9 Å². The Bertz CT molecular complexity index is 1350. The second-order valence-electron chi connectivity index (χ2n) is 7.27. The van der Waals surface area contributed by atoms with Crippen LogP contribution in [0.3, 0.4) is 0 Å². The molecule has 4 aromatic rings. The van der Waals surface area contributed by atoms with Crippen molar-refractivity contribution < 1.29 is 9.18 Å². The summed E-state index contributed by atoms with van der Waals surface area (Å²) in [5.74, 6) is -0.726. The number of nitrogens with one attached hydrogen (secondary N) is 1. The summed E-state index contributed by atoms with van der Waals surface area (Å²) in [5, 5.41) is 12.5. The number of amides is 1. The SMILES string of the molecule is CC(NC(=O)c1cc(-c2ccc(Cl)cc2)nc(-c2ccc(C#N)cc2)n1)c1ccnc(F)c1. The lowest BCUT2D eigenvalue weighted by atomic mass is 10.1. The summed E-state index contributed by atoms with van der Waals surface area (Å²) in [4.78, 5) is 25.7. The van der Waals surface area contributed by atoms with E-state index in [4.69, 9.17) is 16.9 Å². The van der Waals surface area contributed by atoms with E-state index >= 15 is 0 Å². The van der Waals surface area contributed by atoms with E-state index in [9.17, 15) is 9.18 Å². The first kappa shape index (κ1) is 22.1. The monoisotopic (exact) mass is 457 g/mol. The van der Waals surface area contributed by atoms with E-state index in [1.807, 2.05) is 0 Å². The number of halogens is 2. The fourth-order valence-corrected chi connectivity index (χ4v) is 3.32. The van der Waals surface area contributed by atoms with Gasteiger partial charge in [0.05, 0.1) is 23.4 Å². The molecule has 0 aliphatic carbocycles. The highest BCUT2D eigenvalue weighted by atomic mass is 35.5. The zero-order valence-electron chi connectivity index (χ0n) is 17.5. The Kier molecular flexibility index (Phi) is 6.38. The van der Waals surface area contributed by atoms with Gasteiger partial charge in [-0.2, -0.15) is 9.65 Å². The molecule has 6 nitrogen and oxygen atoms in total. The molecule has 0 aliphatic rings. The lowest BCUT2D eigenvalue weighted by Gasteiger charge is -2.15. The van der Waals surface area contributed by atoms with Crippen LogP contribution in [0.5, 0.6) is 0 Å². The summed E-state index contributed by atoms with van der Waals surface area (Å²) in [5.41, 5.74) is 3.18. The molecule has 162 valence electrons. The van der Waals surface area contributed by atoms with Crippen LogP contribution in [0.1, 0.15) is 34.6 Å². The smallest absolute Gasteiger partial charge is 0.270 e. The highest BCUT2D eigenvalue weighted by molar-refractivity contribution is 6.30. The van der Waals surface area contributed by atoms with Gasteiger partial charge in [-0.25, -0.2) is 15.0 Å². The van der Waals surface area contributed by atoms with Crippen LogP contribution in [-0.4, -0.2) is 20.9 Å². The van der Waals surface area contributed by atoms with Gasteiger partial charge < -0.3 is 5.32 Å². The predicted molar refractivity (Wildman–Crippen MR) is 123 cm³/mol. The molecule has 1 unspecified atom stereocenters. The van der Waals surface area contributed by atoms with Gasteiger partial charge >= 0.3 is 0 Å². The molecule has 0 saturated heterocycles. The molecule has 33 heavy (non-hydrogen) atoms. The molecule has 2 aromatic heterocycles. The zero-order valence-corrected chi connectivity index (χ0v) is 18.2. The molecule has 2 heterocycles. The molecule has 2 aromatic carbocycles. The maximum atomic E-state index is 13.5. The van der Waals surface area contributed by atoms with Gasteiger partial charge in [-0.1, -0.05) is 23.7 Å². The summed E-state index contributed by atoms with van der Waals surface area (Å²) in [6.45, 7) is 1.75. The van der Waals surface area contributed by atoms with Crippen LogP contribution < -0.4 is 5.32 Å². The van der Waals surface area contributed by atoms with Crippen molar-refractivity contribution in [2.24, 2.45) is 0 Å².